The Bertz CT molecular complexity index is 2050. The van der Waals surface area contributed by atoms with E-state index in [4.69, 9.17) is 0 Å². The van der Waals surface area contributed by atoms with Crippen molar-refractivity contribution in [3.63, 3.8) is 0 Å². The monoisotopic (exact) mass is 788 g/mol. The molecule has 0 aliphatic heterocycles. The molecule has 8 aromatic rings. The molecular formula is C40H32Br2N2Zr. The molecule has 0 saturated heterocycles. The van der Waals surface area contributed by atoms with E-state index in [-0.39, 0.29) is 60.2 Å². The van der Waals surface area contributed by atoms with Crippen molar-refractivity contribution in [3.05, 3.63) is 144 Å². The van der Waals surface area contributed by atoms with Gasteiger partial charge in [-0.3, -0.25) is 0 Å². The van der Waals surface area contributed by atoms with Gasteiger partial charge in [0.15, 0.2) is 0 Å². The van der Waals surface area contributed by atoms with Crippen molar-refractivity contribution >= 4 is 43.4 Å². The minimum atomic E-state index is 0. The molecule has 2 nitrogen and oxygen atoms in total. The van der Waals surface area contributed by atoms with Crippen molar-refractivity contribution in [3.8, 4) is 11.4 Å². The number of nitrogens with zero attached hydrogens (tertiary/aromatic N) is 2. The third kappa shape index (κ3) is 5.26. The predicted molar refractivity (Wildman–Crippen MR) is 177 cm³/mol. The van der Waals surface area contributed by atoms with Crippen molar-refractivity contribution in [1.29, 1.82) is 0 Å². The van der Waals surface area contributed by atoms with Gasteiger partial charge in [0.2, 0.25) is 0 Å². The van der Waals surface area contributed by atoms with Crippen molar-refractivity contribution in [2.45, 2.75) is 38.5 Å². The molecule has 5 heteroatoms. The summed E-state index contributed by atoms with van der Waals surface area (Å²) in [6.45, 7) is 0. The first-order valence-electron chi connectivity index (χ1n) is 15.4. The SMILES string of the molecule is [Br-].[Br-].[Zr+4].c1ccc2[cH-]c(-n3c4c(c5ccccc53)CCC4)cc2c1.c1ccc2[cH-]c(-n3c4c(c5ccccc53)CCC4)cc2c1. The average molecular weight is 792 g/mol. The topological polar surface area (TPSA) is 9.86 Å². The predicted octanol–water partition coefficient (Wildman–Crippen LogP) is 3.99. The smallest absolute Gasteiger partial charge is 1.00 e. The van der Waals surface area contributed by atoms with Gasteiger partial charge in [0.05, 0.1) is 11.0 Å². The van der Waals surface area contributed by atoms with Crippen LogP contribution in [0.15, 0.2) is 121 Å². The van der Waals surface area contributed by atoms with Crippen LogP contribution in [0.4, 0.5) is 0 Å². The first kappa shape index (κ1) is 32.0. The van der Waals surface area contributed by atoms with Crippen LogP contribution in [0.1, 0.15) is 35.4 Å². The molecule has 2 aliphatic rings. The Morgan fingerprint density at radius 1 is 0.467 bits per heavy atom. The minimum Gasteiger partial charge on any atom is -1.00 e. The van der Waals surface area contributed by atoms with E-state index in [0.717, 1.165) is 0 Å². The third-order valence-corrected chi connectivity index (χ3v) is 9.58. The van der Waals surface area contributed by atoms with Crippen LogP contribution in [0, 0.1) is 0 Å². The maximum atomic E-state index is 2.48. The van der Waals surface area contributed by atoms with E-state index in [2.05, 4.69) is 130 Å². The summed E-state index contributed by atoms with van der Waals surface area (Å²) in [4.78, 5) is 0. The van der Waals surface area contributed by atoms with Gasteiger partial charge in [0.1, 0.15) is 0 Å². The van der Waals surface area contributed by atoms with Crippen molar-refractivity contribution < 1.29 is 60.2 Å². The quantitative estimate of drug-likeness (QED) is 0.235. The van der Waals surface area contributed by atoms with Crippen LogP contribution in [-0.2, 0) is 51.9 Å². The number of halogens is 2. The molecule has 220 valence electrons. The molecule has 0 amide bonds. The number of aromatic nitrogens is 2. The van der Waals surface area contributed by atoms with E-state index >= 15 is 0 Å². The zero-order chi connectivity index (χ0) is 27.6. The van der Waals surface area contributed by atoms with Crippen LogP contribution < -0.4 is 34.0 Å². The first-order chi connectivity index (χ1) is 20.8. The Labute approximate surface area is 304 Å². The molecule has 0 atom stereocenters. The molecule has 0 N–H and O–H groups in total. The number of fused-ring (bicyclic) bond motifs is 8. The Morgan fingerprint density at radius 3 is 1.31 bits per heavy atom. The molecule has 0 fully saturated rings. The van der Waals surface area contributed by atoms with E-state index in [0.29, 0.717) is 0 Å². The number of hydrogen-bond acceptors (Lipinski definition) is 0. The second-order valence-corrected chi connectivity index (χ2v) is 11.9. The maximum Gasteiger partial charge on any atom is 4.00 e. The molecule has 0 radical (unpaired) electrons. The zero-order valence-corrected chi connectivity index (χ0v) is 30.6. The second kappa shape index (κ2) is 13.0. The van der Waals surface area contributed by atoms with Crippen LogP contribution >= 0.6 is 0 Å². The summed E-state index contributed by atoms with van der Waals surface area (Å²) < 4.78 is 4.97. The molecule has 45 heavy (non-hydrogen) atoms. The number of benzene rings is 4. The fraction of sp³-hybridized carbons (Fsp3) is 0.150. The molecule has 0 unspecified atom stereocenters. The summed E-state index contributed by atoms with van der Waals surface area (Å²) >= 11 is 0. The Kier molecular flexibility index (Phi) is 9.26. The van der Waals surface area contributed by atoms with E-state index in [1.165, 1.54) is 105 Å². The van der Waals surface area contributed by atoms with E-state index in [1.807, 2.05) is 0 Å². The molecule has 2 aromatic heterocycles. The molecule has 0 bridgehead atoms. The average Bonchev–Trinajstić information content (AvgIpc) is 3.86. The summed E-state index contributed by atoms with van der Waals surface area (Å²) in [5.74, 6) is 0. The van der Waals surface area contributed by atoms with Gasteiger partial charge in [-0.1, -0.05) is 48.5 Å². The summed E-state index contributed by atoms with van der Waals surface area (Å²) in [6, 6.07) is 44.2. The summed E-state index contributed by atoms with van der Waals surface area (Å²) in [7, 11) is 0. The van der Waals surface area contributed by atoms with Crippen LogP contribution in [0.25, 0.3) is 54.7 Å². The van der Waals surface area contributed by atoms with Gasteiger partial charge in [0.25, 0.3) is 0 Å². The third-order valence-electron chi connectivity index (χ3n) is 9.58. The first-order valence-corrected chi connectivity index (χ1v) is 15.4. The van der Waals surface area contributed by atoms with Gasteiger partial charge in [-0.15, -0.1) is 82.2 Å². The molecule has 2 heterocycles. The van der Waals surface area contributed by atoms with Gasteiger partial charge in [0, 0.05) is 22.2 Å². The molecular weight excluding hydrogens is 759 g/mol. The summed E-state index contributed by atoms with van der Waals surface area (Å²) in [5, 5.41) is 8.20. The fourth-order valence-electron chi connectivity index (χ4n) is 7.78. The van der Waals surface area contributed by atoms with Gasteiger partial charge >= 0.3 is 26.2 Å². The Balaban J connectivity index is 0.000000149. The van der Waals surface area contributed by atoms with Crippen LogP contribution in [0.2, 0.25) is 0 Å². The number of rotatable bonds is 2. The number of hydrogen-bond donors (Lipinski definition) is 0. The molecule has 2 aliphatic carbocycles. The van der Waals surface area contributed by atoms with Gasteiger partial charge in [-0.25, -0.2) is 0 Å². The second-order valence-electron chi connectivity index (χ2n) is 11.9. The summed E-state index contributed by atoms with van der Waals surface area (Å²) in [5.41, 5.74) is 11.5. The van der Waals surface area contributed by atoms with Gasteiger partial charge < -0.3 is 43.1 Å². The fourth-order valence-corrected chi connectivity index (χ4v) is 7.78. The van der Waals surface area contributed by atoms with Gasteiger partial charge in [-0.05, 0) is 73.2 Å². The van der Waals surface area contributed by atoms with Crippen molar-refractivity contribution in [2.75, 3.05) is 0 Å². The van der Waals surface area contributed by atoms with Gasteiger partial charge in [-0.2, -0.15) is 0 Å². The standard InChI is InChI=1S/2C20H16N.2BrH.Zr/c2*1-2-7-15-13-16(12-14(15)6-1)21-19-10-4-3-8-17(19)18-9-5-11-20(18)21;;;/h2*1-4,6-8,10,12-13H,5,9,11H2;2*1H;/q2*-1;;;+4/p-2. The van der Waals surface area contributed by atoms with E-state index < -0.39 is 0 Å². The number of aryl methyl sites for hydroxylation is 2. The Morgan fingerprint density at radius 2 is 0.867 bits per heavy atom. The largest absolute Gasteiger partial charge is 4.00 e. The minimum absolute atomic E-state index is 0. The molecule has 0 spiro atoms. The zero-order valence-electron chi connectivity index (χ0n) is 24.9. The Hall–Kier alpha value is -2.98. The van der Waals surface area contributed by atoms with Crippen molar-refractivity contribution in [2.24, 2.45) is 0 Å². The van der Waals surface area contributed by atoms with Crippen LogP contribution in [-0.4, -0.2) is 9.13 Å². The van der Waals surface area contributed by atoms with Crippen LogP contribution in [0.3, 0.4) is 0 Å². The maximum absolute atomic E-state index is 2.48. The normalized spacial score (nSPS) is 13.2. The van der Waals surface area contributed by atoms with E-state index in [1.54, 1.807) is 11.1 Å². The summed E-state index contributed by atoms with van der Waals surface area (Å²) in [6.07, 6.45) is 7.43. The van der Waals surface area contributed by atoms with E-state index in [9.17, 15) is 0 Å². The molecule has 6 aromatic carbocycles. The number of para-hydroxylation sites is 2. The van der Waals surface area contributed by atoms with Crippen molar-refractivity contribution in [1.82, 2.24) is 9.13 Å². The molecule has 10 rings (SSSR count). The van der Waals surface area contributed by atoms with Crippen LogP contribution in [0.5, 0.6) is 0 Å². The molecule has 0 saturated carbocycles.